The van der Waals surface area contributed by atoms with Gasteiger partial charge in [-0.15, -0.1) is 0 Å². The third-order valence-electron chi connectivity index (χ3n) is 3.70. The number of nitrogens with one attached hydrogen (secondary N) is 2. The number of nitrogens with zero attached hydrogens (tertiary/aromatic N) is 1. The van der Waals surface area contributed by atoms with Crippen LogP contribution < -0.4 is 15.4 Å². The molecule has 6 nitrogen and oxygen atoms in total. The molecule has 0 fully saturated rings. The Hall–Kier alpha value is -2.50. The summed E-state index contributed by atoms with van der Waals surface area (Å²) in [5, 5.41) is 6.64. The Balaban J connectivity index is 1.97. The Morgan fingerprint density at radius 3 is 2.65 bits per heavy atom. The topological polar surface area (TPSA) is 72.0 Å². The average molecular weight is 317 g/mol. The standard InChI is InChI=1S/C17H23N3O3/c1-18-17(20-13-6-4-5-7-13)19-11-12-8-9-14(16(21)23-3)15(10-12)22-2/h4-5,8-10,13H,6-7,11H2,1-3H3,(H2,18,19,20). The van der Waals surface area contributed by atoms with Crippen molar-refractivity contribution >= 4 is 11.9 Å². The number of carbonyl (C=O) groups excluding carboxylic acids is 1. The van der Waals surface area contributed by atoms with Crippen LogP contribution in [0.5, 0.6) is 5.75 Å². The van der Waals surface area contributed by atoms with E-state index < -0.39 is 5.97 Å². The first-order chi connectivity index (χ1) is 11.2. The van der Waals surface area contributed by atoms with E-state index in [9.17, 15) is 4.79 Å². The van der Waals surface area contributed by atoms with Crippen molar-refractivity contribution in [3.05, 3.63) is 41.5 Å². The molecule has 124 valence electrons. The summed E-state index contributed by atoms with van der Waals surface area (Å²) in [4.78, 5) is 15.9. The highest BCUT2D eigenvalue weighted by Crippen LogP contribution is 2.21. The maximum atomic E-state index is 11.7. The first-order valence-electron chi connectivity index (χ1n) is 7.55. The highest BCUT2D eigenvalue weighted by Gasteiger charge is 2.14. The summed E-state index contributed by atoms with van der Waals surface area (Å²) in [6, 6.07) is 5.80. The molecule has 1 aromatic carbocycles. The predicted molar refractivity (Wildman–Crippen MR) is 89.8 cm³/mol. The van der Waals surface area contributed by atoms with Crippen LogP contribution >= 0.6 is 0 Å². The van der Waals surface area contributed by atoms with Gasteiger partial charge in [-0.05, 0) is 30.5 Å². The molecule has 1 aliphatic carbocycles. The highest BCUT2D eigenvalue weighted by molar-refractivity contribution is 5.92. The first-order valence-corrected chi connectivity index (χ1v) is 7.55. The van der Waals surface area contributed by atoms with Gasteiger partial charge in [-0.1, -0.05) is 18.2 Å². The quantitative estimate of drug-likeness (QED) is 0.375. The third kappa shape index (κ3) is 4.48. The highest BCUT2D eigenvalue weighted by atomic mass is 16.5. The van der Waals surface area contributed by atoms with Gasteiger partial charge in [-0.2, -0.15) is 0 Å². The molecule has 0 aliphatic heterocycles. The van der Waals surface area contributed by atoms with Crippen molar-refractivity contribution in [2.45, 2.75) is 25.4 Å². The molecule has 0 amide bonds. The van der Waals surface area contributed by atoms with Gasteiger partial charge in [0.05, 0.1) is 14.2 Å². The molecule has 0 radical (unpaired) electrons. The molecule has 0 bridgehead atoms. The molecule has 0 unspecified atom stereocenters. The van der Waals surface area contributed by atoms with Gasteiger partial charge in [0.1, 0.15) is 11.3 Å². The van der Waals surface area contributed by atoms with Gasteiger partial charge in [0.2, 0.25) is 0 Å². The monoisotopic (exact) mass is 317 g/mol. The minimum atomic E-state index is -0.410. The Morgan fingerprint density at radius 1 is 1.30 bits per heavy atom. The average Bonchev–Trinajstić information content (AvgIpc) is 3.10. The van der Waals surface area contributed by atoms with Crippen LogP contribution in [-0.4, -0.2) is 39.2 Å². The number of hydrogen-bond acceptors (Lipinski definition) is 4. The first kappa shape index (κ1) is 16.9. The van der Waals surface area contributed by atoms with Crippen LogP contribution in [0.3, 0.4) is 0 Å². The molecule has 0 saturated carbocycles. The largest absolute Gasteiger partial charge is 0.496 e. The molecule has 0 atom stereocenters. The maximum absolute atomic E-state index is 11.7. The van der Waals surface area contributed by atoms with E-state index in [1.54, 1.807) is 13.1 Å². The molecule has 1 aromatic rings. The lowest BCUT2D eigenvalue weighted by Gasteiger charge is -2.17. The SMILES string of the molecule is CN=C(NCc1ccc(C(=O)OC)c(OC)c1)NC1CC=CC1. The second-order valence-electron chi connectivity index (χ2n) is 5.24. The molecule has 0 aromatic heterocycles. The van der Waals surface area contributed by atoms with E-state index in [2.05, 4.69) is 27.8 Å². The number of rotatable bonds is 5. The maximum Gasteiger partial charge on any atom is 0.341 e. The van der Waals surface area contributed by atoms with Gasteiger partial charge in [-0.3, -0.25) is 4.99 Å². The normalized spacial score (nSPS) is 14.7. The van der Waals surface area contributed by atoms with E-state index in [1.807, 2.05) is 12.1 Å². The molecule has 2 N–H and O–H groups in total. The smallest absolute Gasteiger partial charge is 0.341 e. The summed E-state index contributed by atoms with van der Waals surface area (Å²) >= 11 is 0. The number of methoxy groups -OCH3 is 2. The van der Waals surface area contributed by atoms with Crippen molar-refractivity contribution in [2.75, 3.05) is 21.3 Å². The van der Waals surface area contributed by atoms with Gasteiger partial charge in [0.15, 0.2) is 5.96 Å². The summed E-state index contributed by atoms with van der Waals surface area (Å²) in [6.45, 7) is 0.581. The van der Waals surface area contributed by atoms with E-state index in [0.717, 1.165) is 24.4 Å². The number of benzene rings is 1. The Morgan fingerprint density at radius 2 is 2.04 bits per heavy atom. The number of aliphatic imine (C=N–C) groups is 1. The summed E-state index contributed by atoms with van der Waals surface area (Å²) in [7, 11) is 4.63. The molecule has 0 spiro atoms. The third-order valence-corrected chi connectivity index (χ3v) is 3.70. The number of esters is 1. The van der Waals surface area contributed by atoms with E-state index >= 15 is 0 Å². The molecular formula is C17H23N3O3. The van der Waals surface area contributed by atoms with E-state index in [1.165, 1.54) is 14.2 Å². The van der Waals surface area contributed by atoms with E-state index in [-0.39, 0.29) is 0 Å². The van der Waals surface area contributed by atoms with Crippen LogP contribution in [0.2, 0.25) is 0 Å². The van der Waals surface area contributed by atoms with Crippen molar-refractivity contribution in [2.24, 2.45) is 4.99 Å². The lowest BCUT2D eigenvalue weighted by Crippen LogP contribution is -2.42. The van der Waals surface area contributed by atoms with Crippen LogP contribution in [0.4, 0.5) is 0 Å². The zero-order valence-electron chi connectivity index (χ0n) is 13.8. The minimum Gasteiger partial charge on any atom is -0.496 e. The van der Waals surface area contributed by atoms with E-state index in [0.29, 0.717) is 23.9 Å². The van der Waals surface area contributed by atoms with Gasteiger partial charge in [0.25, 0.3) is 0 Å². The van der Waals surface area contributed by atoms with Gasteiger partial charge in [0, 0.05) is 19.6 Å². The fourth-order valence-corrected chi connectivity index (χ4v) is 2.43. The summed E-state index contributed by atoms with van der Waals surface area (Å²) < 4.78 is 10.0. The second-order valence-corrected chi connectivity index (χ2v) is 5.24. The van der Waals surface area contributed by atoms with E-state index in [4.69, 9.17) is 9.47 Å². The van der Waals surface area contributed by atoms with Crippen LogP contribution in [0.1, 0.15) is 28.8 Å². The number of hydrogen-bond donors (Lipinski definition) is 2. The number of ether oxygens (including phenoxy) is 2. The van der Waals surface area contributed by atoms with Crippen molar-refractivity contribution in [1.82, 2.24) is 10.6 Å². The molecule has 23 heavy (non-hydrogen) atoms. The lowest BCUT2D eigenvalue weighted by atomic mass is 10.1. The number of carbonyl (C=O) groups is 1. The minimum absolute atomic E-state index is 0.400. The van der Waals surface area contributed by atoms with Crippen LogP contribution in [0, 0.1) is 0 Å². The van der Waals surface area contributed by atoms with Crippen molar-refractivity contribution in [1.29, 1.82) is 0 Å². The van der Waals surface area contributed by atoms with Crippen LogP contribution in [0.15, 0.2) is 35.3 Å². The molecule has 2 rings (SSSR count). The molecule has 0 saturated heterocycles. The predicted octanol–water partition coefficient (Wildman–Crippen LogP) is 1.87. The van der Waals surface area contributed by atoms with Gasteiger partial charge >= 0.3 is 5.97 Å². The zero-order chi connectivity index (χ0) is 16.7. The summed E-state index contributed by atoms with van der Waals surface area (Å²) in [6.07, 6.45) is 6.37. The Labute approximate surface area is 136 Å². The molecule has 0 heterocycles. The van der Waals surface area contributed by atoms with Crippen LogP contribution in [0.25, 0.3) is 0 Å². The summed E-state index contributed by atoms with van der Waals surface area (Å²) in [5.74, 6) is 0.848. The van der Waals surface area contributed by atoms with Crippen LogP contribution in [-0.2, 0) is 11.3 Å². The summed E-state index contributed by atoms with van der Waals surface area (Å²) in [5.41, 5.74) is 1.40. The Kier molecular flexibility index (Phi) is 6.02. The second kappa shape index (κ2) is 8.22. The molecule has 6 heteroatoms. The van der Waals surface area contributed by atoms with Gasteiger partial charge in [-0.25, -0.2) is 4.79 Å². The lowest BCUT2D eigenvalue weighted by molar-refractivity contribution is 0.0597. The fourth-order valence-electron chi connectivity index (χ4n) is 2.43. The number of guanidine groups is 1. The van der Waals surface area contributed by atoms with Crippen molar-refractivity contribution in [3.63, 3.8) is 0 Å². The van der Waals surface area contributed by atoms with Gasteiger partial charge < -0.3 is 20.1 Å². The zero-order valence-corrected chi connectivity index (χ0v) is 13.8. The van der Waals surface area contributed by atoms with Crippen molar-refractivity contribution < 1.29 is 14.3 Å². The van der Waals surface area contributed by atoms with Crippen molar-refractivity contribution in [3.8, 4) is 5.75 Å². The fraction of sp³-hybridized carbons (Fsp3) is 0.412. The Bertz CT molecular complexity index is 603. The molecule has 1 aliphatic rings. The molecular weight excluding hydrogens is 294 g/mol.